The monoisotopic (exact) mass is 594 g/mol. The molecule has 2 fully saturated rings. The SMILES string of the molecule is CCCn1c(CN2CCN(C(=O)OC(C)(C)C)CC2)c(C(=O)N[C@H](c2cccc(F)c2)C2CC2)c2cccc(F)c2c1=O. The molecule has 3 aromatic rings. The van der Waals surface area contributed by atoms with Gasteiger partial charge in [0, 0.05) is 50.3 Å². The molecule has 1 aliphatic heterocycles. The van der Waals surface area contributed by atoms with E-state index in [0.717, 1.165) is 12.8 Å². The van der Waals surface area contributed by atoms with Crippen molar-refractivity contribution in [3.8, 4) is 0 Å². The van der Waals surface area contributed by atoms with E-state index in [2.05, 4.69) is 10.2 Å². The number of benzene rings is 2. The van der Waals surface area contributed by atoms with Gasteiger partial charge in [-0.25, -0.2) is 13.6 Å². The highest BCUT2D eigenvalue weighted by molar-refractivity contribution is 6.08. The van der Waals surface area contributed by atoms with Crippen molar-refractivity contribution >= 4 is 22.8 Å². The van der Waals surface area contributed by atoms with Gasteiger partial charge in [0.1, 0.15) is 17.2 Å². The predicted octanol–water partition coefficient (Wildman–Crippen LogP) is 5.62. The fourth-order valence-electron chi connectivity index (χ4n) is 5.82. The first-order valence-electron chi connectivity index (χ1n) is 15.1. The van der Waals surface area contributed by atoms with Gasteiger partial charge in [-0.3, -0.25) is 14.5 Å². The summed E-state index contributed by atoms with van der Waals surface area (Å²) >= 11 is 0. The third-order valence-corrected chi connectivity index (χ3v) is 8.02. The molecule has 1 aliphatic carbocycles. The zero-order valence-corrected chi connectivity index (χ0v) is 25.3. The van der Waals surface area contributed by atoms with E-state index >= 15 is 4.39 Å². The summed E-state index contributed by atoms with van der Waals surface area (Å²) in [6.45, 7) is 9.86. The average molecular weight is 595 g/mol. The topological polar surface area (TPSA) is 83.9 Å². The van der Waals surface area contributed by atoms with Crippen LogP contribution in [0, 0.1) is 17.6 Å². The summed E-state index contributed by atoms with van der Waals surface area (Å²) < 4.78 is 36.4. The van der Waals surface area contributed by atoms with E-state index in [1.165, 1.54) is 28.8 Å². The Morgan fingerprint density at radius 3 is 2.37 bits per heavy atom. The smallest absolute Gasteiger partial charge is 0.410 e. The maximum atomic E-state index is 15.2. The number of rotatable bonds is 8. The molecular weight excluding hydrogens is 554 g/mol. The maximum Gasteiger partial charge on any atom is 0.410 e. The number of hydrogen-bond donors (Lipinski definition) is 1. The lowest BCUT2D eigenvalue weighted by atomic mass is 9.98. The number of aromatic nitrogens is 1. The van der Waals surface area contributed by atoms with Crippen LogP contribution in [0.1, 0.15) is 74.6 Å². The summed E-state index contributed by atoms with van der Waals surface area (Å²) in [5, 5.41) is 3.27. The molecule has 10 heteroatoms. The van der Waals surface area contributed by atoms with Crippen molar-refractivity contribution in [3.05, 3.63) is 81.3 Å². The van der Waals surface area contributed by atoms with E-state index in [-0.39, 0.29) is 40.7 Å². The minimum Gasteiger partial charge on any atom is -0.444 e. The van der Waals surface area contributed by atoms with Crippen LogP contribution >= 0.6 is 0 Å². The predicted molar refractivity (Wildman–Crippen MR) is 161 cm³/mol. The first-order chi connectivity index (χ1) is 20.5. The second-order valence-corrected chi connectivity index (χ2v) is 12.5. The Balaban J connectivity index is 1.52. The van der Waals surface area contributed by atoms with Gasteiger partial charge in [-0.15, -0.1) is 0 Å². The van der Waals surface area contributed by atoms with Crippen molar-refractivity contribution < 1.29 is 23.1 Å². The number of carbonyl (C=O) groups is 2. The number of carbonyl (C=O) groups excluding carboxylic acids is 2. The zero-order valence-electron chi connectivity index (χ0n) is 25.3. The van der Waals surface area contributed by atoms with Crippen molar-refractivity contribution in [1.82, 2.24) is 19.7 Å². The van der Waals surface area contributed by atoms with Gasteiger partial charge in [-0.2, -0.15) is 0 Å². The van der Waals surface area contributed by atoms with Gasteiger partial charge in [0.2, 0.25) is 0 Å². The third kappa shape index (κ3) is 6.90. The molecule has 1 aromatic heterocycles. The number of nitrogens with zero attached hydrogens (tertiary/aromatic N) is 3. The molecular formula is C33H40F2N4O4. The number of halogens is 2. The number of nitrogens with one attached hydrogen (secondary N) is 1. The molecule has 1 saturated carbocycles. The Bertz CT molecular complexity index is 1570. The molecule has 0 radical (unpaired) electrons. The van der Waals surface area contributed by atoms with Crippen LogP contribution in [0.15, 0.2) is 47.3 Å². The van der Waals surface area contributed by atoms with Gasteiger partial charge in [0.25, 0.3) is 11.5 Å². The van der Waals surface area contributed by atoms with Crippen LogP contribution in [0.4, 0.5) is 13.6 Å². The Morgan fingerprint density at radius 1 is 1.05 bits per heavy atom. The Labute approximate surface area is 250 Å². The molecule has 2 aliphatic rings. The van der Waals surface area contributed by atoms with Crippen LogP contribution in [-0.4, -0.2) is 58.1 Å². The Kier molecular flexibility index (Phi) is 8.87. The molecule has 0 spiro atoms. The summed E-state index contributed by atoms with van der Waals surface area (Å²) in [6, 6.07) is 10.2. The zero-order chi connectivity index (χ0) is 30.9. The van der Waals surface area contributed by atoms with E-state index in [9.17, 15) is 18.8 Å². The standard InChI is InChI=1S/C33H40F2N4O4/c1-5-14-39-26(20-37-15-17-38(18-16-37)32(42)43-33(2,3)4)28(24-10-7-11-25(35)27(24)31(39)41)30(40)36-29(21-12-13-21)22-8-6-9-23(34)19-22/h6-11,19,21,29H,5,12-18,20H2,1-4H3,(H,36,40)/t29-/m0/s1. The summed E-state index contributed by atoms with van der Waals surface area (Å²) in [7, 11) is 0. The molecule has 230 valence electrons. The highest BCUT2D eigenvalue weighted by Gasteiger charge is 2.35. The lowest BCUT2D eigenvalue weighted by Gasteiger charge is -2.36. The van der Waals surface area contributed by atoms with Crippen LogP contribution < -0.4 is 10.9 Å². The van der Waals surface area contributed by atoms with Crippen molar-refractivity contribution in [2.24, 2.45) is 5.92 Å². The fourth-order valence-corrected chi connectivity index (χ4v) is 5.82. The van der Waals surface area contributed by atoms with Crippen LogP contribution in [0.25, 0.3) is 10.8 Å². The number of pyridine rings is 1. The Morgan fingerprint density at radius 2 is 1.74 bits per heavy atom. The molecule has 1 N–H and O–H groups in total. The second-order valence-electron chi connectivity index (χ2n) is 12.5. The summed E-state index contributed by atoms with van der Waals surface area (Å²) in [4.78, 5) is 44.3. The summed E-state index contributed by atoms with van der Waals surface area (Å²) in [5.41, 5.74) is 0.351. The number of hydrogen-bond acceptors (Lipinski definition) is 5. The normalized spacial score (nSPS) is 16.7. The molecule has 5 rings (SSSR count). The summed E-state index contributed by atoms with van der Waals surface area (Å²) in [6.07, 6.45) is 2.04. The van der Waals surface area contributed by atoms with Gasteiger partial charge >= 0.3 is 6.09 Å². The van der Waals surface area contributed by atoms with Crippen molar-refractivity contribution in [2.45, 2.75) is 71.7 Å². The average Bonchev–Trinajstić information content (AvgIpc) is 3.79. The Hall–Kier alpha value is -3.79. The van der Waals surface area contributed by atoms with Crippen LogP contribution in [0.2, 0.25) is 0 Å². The molecule has 2 heterocycles. The van der Waals surface area contributed by atoms with E-state index in [1.54, 1.807) is 23.1 Å². The van der Waals surface area contributed by atoms with Gasteiger partial charge < -0.3 is 19.5 Å². The largest absolute Gasteiger partial charge is 0.444 e. The third-order valence-electron chi connectivity index (χ3n) is 8.02. The molecule has 43 heavy (non-hydrogen) atoms. The van der Waals surface area contributed by atoms with Crippen LogP contribution in [-0.2, 0) is 17.8 Å². The lowest BCUT2D eigenvalue weighted by molar-refractivity contribution is 0.0137. The minimum absolute atomic E-state index is 0.117. The fraction of sp³-hybridized carbons (Fsp3) is 0.485. The molecule has 1 atom stereocenters. The molecule has 2 aromatic carbocycles. The van der Waals surface area contributed by atoms with E-state index in [4.69, 9.17) is 4.74 Å². The number of ether oxygens (including phenoxy) is 1. The van der Waals surface area contributed by atoms with Gasteiger partial charge in [0.05, 0.1) is 17.0 Å². The number of piperazine rings is 1. The van der Waals surface area contributed by atoms with E-state index in [0.29, 0.717) is 50.4 Å². The molecule has 0 unspecified atom stereocenters. The van der Waals surface area contributed by atoms with Crippen molar-refractivity contribution in [2.75, 3.05) is 26.2 Å². The first-order valence-corrected chi connectivity index (χ1v) is 15.1. The number of amides is 2. The van der Waals surface area contributed by atoms with Gasteiger partial charge in [-0.1, -0.05) is 31.2 Å². The molecule has 1 saturated heterocycles. The number of fused-ring (bicyclic) bond motifs is 1. The van der Waals surface area contributed by atoms with Crippen LogP contribution in [0.3, 0.4) is 0 Å². The highest BCUT2D eigenvalue weighted by atomic mass is 19.1. The van der Waals surface area contributed by atoms with Gasteiger partial charge in [-0.05, 0) is 69.7 Å². The van der Waals surface area contributed by atoms with E-state index in [1.807, 2.05) is 27.7 Å². The lowest BCUT2D eigenvalue weighted by Crippen LogP contribution is -2.50. The highest BCUT2D eigenvalue weighted by Crippen LogP contribution is 2.41. The quantitative estimate of drug-likeness (QED) is 0.366. The van der Waals surface area contributed by atoms with E-state index < -0.39 is 28.9 Å². The van der Waals surface area contributed by atoms with Crippen LogP contribution in [0.5, 0.6) is 0 Å². The molecule has 0 bridgehead atoms. The second kappa shape index (κ2) is 12.4. The van der Waals surface area contributed by atoms with Gasteiger partial charge in [0.15, 0.2) is 0 Å². The van der Waals surface area contributed by atoms with Crippen molar-refractivity contribution in [3.63, 3.8) is 0 Å². The molecule has 8 nitrogen and oxygen atoms in total. The maximum absolute atomic E-state index is 15.2. The molecule has 2 amide bonds. The van der Waals surface area contributed by atoms with Crippen molar-refractivity contribution in [1.29, 1.82) is 0 Å². The summed E-state index contributed by atoms with van der Waals surface area (Å²) in [5.74, 6) is -1.32. The first kappa shape index (κ1) is 30.7. The minimum atomic E-state index is -0.678.